The van der Waals surface area contributed by atoms with Crippen LogP contribution in [0.3, 0.4) is 0 Å². The van der Waals surface area contributed by atoms with Gasteiger partial charge in [-0.25, -0.2) is 4.79 Å². The maximum atomic E-state index is 11.8. The van der Waals surface area contributed by atoms with Crippen LogP contribution in [0, 0.1) is 0 Å². The fourth-order valence-electron chi connectivity index (χ4n) is 1.62. The number of benzene rings is 1. The fraction of sp³-hybridized carbons (Fsp3) is 0.182. The Bertz CT molecular complexity index is 420. The maximum absolute atomic E-state index is 11.8. The highest BCUT2D eigenvalue weighted by molar-refractivity contribution is 6.21. The lowest BCUT2D eigenvalue weighted by Gasteiger charge is -2.11. The van der Waals surface area contributed by atoms with Gasteiger partial charge in [0.2, 0.25) is 0 Å². The average molecular weight is 218 g/mol. The molecule has 0 unspecified atom stereocenters. The Hall–Kier alpha value is -2.17. The van der Waals surface area contributed by atoms with Gasteiger partial charge in [-0.05, 0) is 12.1 Å². The molecule has 0 saturated heterocycles. The van der Waals surface area contributed by atoms with Crippen LogP contribution >= 0.6 is 0 Å². The first kappa shape index (κ1) is 10.4. The number of nitrogens with zero attached hydrogens (tertiary/aromatic N) is 1. The summed E-state index contributed by atoms with van der Waals surface area (Å²) in [7, 11) is 0. The highest BCUT2D eigenvalue weighted by atomic mass is 16.5. The van der Waals surface area contributed by atoms with E-state index in [4.69, 9.17) is 0 Å². The molecule has 1 aliphatic rings. The smallest absolute Gasteiger partial charge is 0.417 e. The van der Waals surface area contributed by atoms with Crippen LogP contribution in [-0.2, 0) is 9.53 Å². The van der Waals surface area contributed by atoms with Crippen molar-refractivity contribution in [1.29, 1.82) is 0 Å². The van der Waals surface area contributed by atoms with Gasteiger partial charge in [-0.2, -0.15) is 0 Å². The van der Waals surface area contributed by atoms with Gasteiger partial charge in [0.15, 0.2) is 0 Å². The zero-order valence-electron chi connectivity index (χ0n) is 8.30. The summed E-state index contributed by atoms with van der Waals surface area (Å²) in [4.78, 5) is 34.4. The van der Waals surface area contributed by atoms with Crippen molar-refractivity contribution in [2.24, 2.45) is 0 Å². The van der Waals surface area contributed by atoms with Crippen molar-refractivity contribution in [3.63, 3.8) is 0 Å². The topological polar surface area (TPSA) is 63.7 Å². The largest absolute Gasteiger partial charge is 0.455 e. The fourth-order valence-corrected chi connectivity index (χ4v) is 1.62. The van der Waals surface area contributed by atoms with Crippen LogP contribution in [0.25, 0.3) is 0 Å². The van der Waals surface area contributed by atoms with Crippen molar-refractivity contribution in [3.8, 4) is 0 Å². The molecule has 1 radical (unpaired) electrons. The van der Waals surface area contributed by atoms with Crippen molar-refractivity contribution < 1.29 is 19.1 Å². The van der Waals surface area contributed by atoms with Gasteiger partial charge in [-0.15, -0.1) is 0 Å². The number of carbonyl (C=O) groups is 2. The van der Waals surface area contributed by atoms with E-state index in [-0.39, 0.29) is 25.0 Å². The van der Waals surface area contributed by atoms with E-state index in [2.05, 4.69) is 4.74 Å². The lowest BCUT2D eigenvalue weighted by Crippen LogP contribution is -2.32. The molecule has 1 aromatic rings. The SMILES string of the molecule is O=[C]OCCN1C(=O)c2ccccc2C1=O. The normalized spacial score (nSPS) is 13.9. The van der Waals surface area contributed by atoms with E-state index >= 15 is 0 Å². The summed E-state index contributed by atoms with van der Waals surface area (Å²) in [5.41, 5.74) is 0.783. The highest BCUT2D eigenvalue weighted by Crippen LogP contribution is 2.21. The Balaban J connectivity index is 2.18. The van der Waals surface area contributed by atoms with Gasteiger partial charge >= 0.3 is 6.47 Å². The number of fused-ring (bicyclic) bond motifs is 1. The Morgan fingerprint density at radius 1 is 1.12 bits per heavy atom. The van der Waals surface area contributed by atoms with Crippen molar-refractivity contribution >= 4 is 18.3 Å². The van der Waals surface area contributed by atoms with Crippen LogP contribution < -0.4 is 0 Å². The monoisotopic (exact) mass is 218 g/mol. The van der Waals surface area contributed by atoms with Gasteiger partial charge in [0.25, 0.3) is 11.8 Å². The second kappa shape index (κ2) is 4.14. The minimum atomic E-state index is -0.352. The van der Waals surface area contributed by atoms with Crippen LogP contribution in [-0.4, -0.2) is 36.3 Å². The first-order valence-electron chi connectivity index (χ1n) is 4.70. The number of rotatable bonds is 4. The molecule has 2 amide bonds. The molecule has 2 rings (SSSR count). The first-order valence-corrected chi connectivity index (χ1v) is 4.70. The molecule has 1 aromatic carbocycles. The number of hydrogen-bond donors (Lipinski definition) is 0. The van der Waals surface area contributed by atoms with Gasteiger partial charge < -0.3 is 4.74 Å². The molecule has 0 N–H and O–H groups in total. The second-order valence-corrected chi connectivity index (χ2v) is 3.24. The predicted molar refractivity (Wildman–Crippen MR) is 53.5 cm³/mol. The van der Waals surface area contributed by atoms with Gasteiger partial charge in [-0.1, -0.05) is 12.1 Å². The molecule has 81 valence electrons. The summed E-state index contributed by atoms with van der Waals surface area (Å²) < 4.78 is 4.34. The Kier molecular flexibility index (Phi) is 2.68. The summed E-state index contributed by atoms with van der Waals surface area (Å²) in [5.74, 6) is -0.704. The van der Waals surface area contributed by atoms with Crippen molar-refractivity contribution in [2.45, 2.75) is 0 Å². The molecule has 0 saturated carbocycles. The van der Waals surface area contributed by atoms with E-state index < -0.39 is 0 Å². The number of carbonyl (C=O) groups excluding carboxylic acids is 3. The first-order chi connectivity index (χ1) is 7.75. The van der Waals surface area contributed by atoms with Crippen molar-refractivity contribution in [1.82, 2.24) is 4.90 Å². The van der Waals surface area contributed by atoms with E-state index in [1.54, 1.807) is 24.3 Å². The Morgan fingerprint density at radius 2 is 1.69 bits per heavy atom. The second-order valence-electron chi connectivity index (χ2n) is 3.24. The van der Waals surface area contributed by atoms with Crippen LogP contribution in [0.1, 0.15) is 20.7 Å². The van der Waals surface area contributed by atoms with Gasteiger partial charge in [0.1, 0.15) is 6.61 Å². The average Bonchev–Trinajstić information content (AvgIpc) is 2.55. The summed E-state index contributed by atoms with van der Waals surface area (Å²) in [6.07, 6.45) is 0. The Labute approximate surface area is 91.6 Å². The van der Waals surface area contributed by atoms with Crippen LogP contribution in [0.15, 0.2) is 24.3 Å². The number of amides is 2. The molecule has 0 aliphatic carbocycles. The van der Waals surface area contributed by atoms with Crippen molar-refractivity contribution in [2.75, 3.05) is 13.2 Å². The molecular weight excluding hydrogens is 210 g/mol. The summed E-state index contributed by atoms with van der Waals surface area (Å²) in [6, 6.07) is 6.59. The molecule has 5 nitrogen and oxygen atoms in total. The van der Waals surface area contributed by atoms with Gasteiger partial charge in [0.05, 0.1) is 17.7 Å². The van der Waals surface area contributed by atoms with Crippen molar-refractivity contribution in [3.05, 3.63) is 35.4 Å². The predicted octanol–water partition coefficient (Wildman–Crippen LogP) is 0.366. The molecular formula is C11H8NO4. The summed E-state index contributed by atoms with van der Waals surface area (Å²) >= 11 is 0. The summed E-state index contributed by atoms with van der Waals surface area (Å²) in [5, 5.41) is 0. The van der Waals surface area contributed by atoms with Crippen LogP contribution in [0.4, 0.5) is 0 Å². The van der Waals surface area contributed by atoms with E-state index in [9.17, 15) is 14.4 Å². The van der Waals surface area contributed by atoms with E-state index in [0.29, 0.717) is 11.1 Å². The highest BCUT2D eigenvalue weighted by Gasteiger charge is 2.34. The molecule has 0 fully saturated rings. The third kappa shape index (κ3) is 1.56. The minimum absolute atomic E-state index is 0.0328. The number of imide groups is 1. The molecule has 0 spiro atoms. The van der Waals surface area contributed by atoms with Crippen LogP contribution in [0.5, 0.6) is 0 Å². The molecule has 1 heterocycles. The number of ether oxygens (including phenoxy) is 1. The lowest BCUT2D eigenvalue weighted by molar-refractivity contribution is 0.0626. The summed E-state index contributed by atoms with van der Waals surface area (Å²) in [6.45, 7) is 1.27. The lowest BCUT2D eigenvalue weighted by atomic mass is 10.1. The van der Waals surface area contributed by atoms with Gasteiger partial charge in [-0.3, -0.25) is 14.5 Å². The molecule has 0 bridgehead atoms. The molecule has 16 heavy (non-hydrogen) atoms. The quantitative estimate of drug-likeness (QED) is 0.541. The maximum Gasteiger partial charge on any atom is 0.417 e. The van der Waals surface area contributed by atoms with E-state index in [1.807, 2.05) is 0 Å². The molecule has 0 atom stereocenters. The Morgan fingerprint density at radius 3 is 2.19 bits per heavy atom. The standard InChI is InChI=1S/C11H8NO4/c13-7-16-6-5-12-10(14)8-3-1-2-4-9(8)11(12)15/h1-4H,5-6H2. The molecule has 0 aromatic heterocycles. The zero-order valence-corrected chi connectivity index (χ0v) is 8.30. The third-order valence-corrected chi connectivity index (χ3v) is 2.35. The van der Waals surface area contributed by atoms with Gasteiger partial charge in [0, 0.05) is 0 Å². The molecule has 1 aliphatic heterocycles. The van der Waals surface area contributed by atoms with Crippen LogP contribution in [0.2, 0.25) is 0 Å². The van der Waals surface area contributed by atoms with E-state index in [1.165, 1.54) is 6.47 Å². The minimum Gasteiger partial charge on any atom is -0.455 e. The zero-order chi connectivity index (χ0) is 11.5. The van der Waals surface area contributed by atoms with E-state index in [0.717, 1.165) is 4.90 Å². The third-order valence-electron chi connectivity index (χ3n) is 2.35. The molecule has 5 heteroatoms. The number of hydrogen-bond acceptors (Lipinski definition) is 4.